The summed E-state index contributed by atoms with van der Waals surface area (Å²) >= 11 is 0. The van der Waals surface area contributed by atoms with E-state index in [1.54, 1.807) is 0 Å². The Morgan fingerprint density at radius 3 is 2.55 bits per heavy atom. The zero-order valence-electron chi connectivity index (χ0n) is 16.0. The lowest BCUT2D eigenvalue weighted by Crippen LogP contribution is -2.42. The third-order valence-electron chi connectivity index (χ3n) is 5.10. The minimum absolute atomic E-state index is 0.00943. The number of aliphatic hydroxyl groups is 1. The molecule has 0 saturated carbocycles. The lowest BCUT2D eigenvalue weighted by Gasteiger charge is -2.28. The molecule has 0 bridgehead atoms. The number of nitrogens with zero attached hydrogens (tertiary/aromatic N) is 3. The molecule has 154 valence electrons. The van der Waals surface area contributed by atoms with Crippen molar-refractivity contribution in [1.29, 1.82) is 0 Å². The van der Waals surface area contributed by atoms with Gasteiger partial charge in [0.15, 0.2) is 5.82 Å². The minimum Gasteiger partial charge on any atom is -0.389 e. The Bertz CT molecular complexity index is 1030. The van der Waals surface area contributed by atoms with Gasteiger partial charge >= 0.3 is 0 Å². The summed E-state index contributed by atoms with van der Waals surface area (Å²) in [5, 5.41) is 17.2. The first-order valence-electron chi connectivity index (χ1n) is 9.41. The molecule has 2 N–H and O–H groups in total. The molecular weight excluding hydrogens is 385 g/mol. The van der Waals surface area contributed by atoms with Crippen molar-refractivity contribution in [3.63, 3.8) is 0 Å². The van der Waals surface area contributed by atoms with Gasteiger partial charge in [-0.3, -0.25) is 0 Å². The van der Waals surface area contributed by atoms with Crippen molar-refractivity contribution < 1.29 is 23.0 Å². The number of aliphatic hydroxyl groups excluding tert-OH is 1. The molecule has 1 fully saturated rings. The monoisotopic (exact) mass is 406 g/mol. The molecule has 1 aliphatic rings. The molecule has 2 aromatic heterocycles. The average Bonchev–Trinajstić information content (AvgIpc) is 2.99. The first-order chi connectivity index (χ1) is 13.8. The Hall–Kier alpha value is -2.65. The molecular formula is C20H21F3N4O2. The van der Waals surface area contributed by atoms with Crippen molar-refractivity contribution >= 4 is 11.5 Å². The van der Waals surface area contributed by atoms with Crippen molar-refractivity contribution in [1.82, 2.24) is 14.6 Å². The van der Waals surface area contributed by atoms with Crippen LogP contribution in [0.3, 0.4) is 0 Å². The third kappa shape index (κ3) is 3.67. The van der Waals surface area contributed by atoms with Gasteiger partial charge in [0.05, 0.1) is 36.2 Å². The summed E-state index contributed by atoms with van der Waals surface area (Å²) in [7, 11) is 0. The second-order valence-corrected chi connectivity index (χ2v) is 7.45. The van der Waals surface area contributed by atoms with Crippen molar-refractivity contribution in [3.05, 3.63) is 47.4 Å². The molecule has 0 unspecified atom stereocenters. The molecule has 9 heteroatoms. The van der Waals surface area contributed by atoms with E-state index >= 15 is 0 Å². The summed E-state index contributed by atoms with van der Waals surface area (Å²) in [5.74, 6) is -2.22. The van der Waals surface area contributed by atoms with Gasteiger partial charge in [-0.05, 0) is 30.0 Å². The molecule has 2 atom stereocenters. The molecule has 3 heterocycles. The van der Waals surface area contributed by atoms with Gasteiger partial charge in [-0.25, -0.2) is 22.7 Å². The average molecular weight is 406 g/mol. The van der Waals surface area contributed by atoms with E-state index in [9.17, 15) is 18.3 Å². The van der Waals surface area contributed by atoms with E-state index in [-0.39, 0.29) is 41.3 Å². The number of halogens is 3. The second-order valence-electron chi connectivity index (χ2n) is 7.45. The van der Waals surface area contributed by atoms with Gasteiger partial charge < -0.3 is 15.2 Å². The molecule has 29 heavy (non-hydrogen) atoms. The predicted octanol–water partition coefficient (Wildman–Crippen LogP) is 3.50. The maximum atomic E-state index is 14.7. The highest BCUT2D eigenvalue weighted by molar-refractivity contribution is 5.68. The molecule has 3 aromatic rings. The van der Waals surface area contributed by atoms with Crippen molar-refractivity contribution in [2.45, 2.75) is 38.3 Å². The van der Waals surface area contributed by atoms with Crippen LogP contribution < -0.4 is 5.32 Å². The normalized spacial score (nSPS) is 19.8. The maximum Gasteiger partial charge on any atom is 0.241 e. The van der Waals surface area contributed by atoms with Crippen molar-refractivity contribution in [2.75, 3.05) is 18.5 Å². The van der Waals surface area contributed by atoms with Crippen LogP contribution >= 0.6 is 0 Å². The van der Waals surface area contributed by atoms with Crippen LogP contribution in [-0.4, -0.2) is 45.1 Å². The molecule has 0 amide bonds. The Balaban J connectivity index is 1.77. The number of nitrogens with one attached hydrogen (secondary N) is 1. The zero-order valence-corrected chi connectivity index (χ0v) is 16.0. The highest BCUT2D eigenvalue weighted by atomic mass is 19.1. The first kappa shape index (κ1) is 19.7. The van der Waals surface area contributed by atoms with E-state index in [1.165, 1.54) is 18.3 Å². The van der Waals surface area contributed by atoms with Crippen LogP contribution in [0.1, 0.15) is 31.7 Å². The molecule has 1 saturated heterocycles. The predicted molar refractivity (Wildman–Crippen MR) is 101 cm³/mol. The van der Waals surface area contributed by atoms with Crippen LogP contribution in [0.5, 0.6) is 0 Å². The number of anilines is 1. The molecule has 0 aliphatic carbocycles. The fraction of sp³-hybridized carbons (Fsp3) is 0.400. The first-order valence-corrected chi connectivity index (χ1v) is 9.41. The number of rotatable bonds is 4. The maximum absolute atomic E-state index is 14.7. The Labute approximate surface area is 165 Å². The molecule has 0 spiro atoms. The van der Waals surface area contributed by atoms with Gasteiger partial charge in [-0.15, -0.1) is 5.10 Å². The van der Waals surface area contributed by atoms with Crippen LogP contribution in [0.2, 0.25) is 0 Å². The fourth-order valence-corrected chi connectivity index (χ4v) is 3.43. The molecule has 6 nitrogen and oxygen atoms in total. The summed E-state index contributed by atoms with van der Waals surface area (Å²) in [4.78, 5) is 4.06. The molecule has 1 aromatic carbocycles. The van der Waals surface area contributed by atoms with Crippen LogP contribution in [0, 0.1) is 17.5 Å². The van der Waals surface area contributed by atoms with Crippen LogP contribution in [0.15, 0.2) is 24.4 Å². The number of hydrogen-bond acceptors (Lipinski definition) is 5. The number of fused-ring (bicyclic) bond motifs is 1. The standard InChI is InChI=1S/C20H21F3N4O2/c1-10(2)11-5-13(22)19(14(23)6-11)16-7-12(21)17-8-24-20(26-27(16)17)25-15-3-4-29-9-18(15)28/h5-8,10,15,18,28H,3-4,9H2,1-2H3,(H,25,26)/t15-,18-/m1/s1. The number of aromatic nitrogens is 3. The van der Waals surface area contributed by atoms with Crippen LogP contribution in [0.25, 0.3) is 16.8 Å². The summed E-state index contributed by atoms with van der Waals surface area (Å²) in [6.45, 7) is 4.31. The van der Waals surface area contributed by atoms with Crippen LogP contribution in [0.4, 0.5) is 19.1 Å². The van der Waals surface area contributed by atoms with Crippen LogP contribution in [-0.2, 0) is 4.74 Å². The Morgan fingerprint density at radius 1 is 1.17 bits per heavy atom. The molecule has 0 radical (unpaired) electrons. The minimum atomic E-state index is -0.791. The highest BCUT2D eigenvalue weighted by Gasteiger charge is 2.25. The Kier molecular flexibility index (Phi) is 5.18. The summed E-state index contributed by atoms with van der Waals surface area (Å²) in [6, 6.07) is 3.19. The topological polar surface area (TPSA) is 71.7 Å². The summed E-state index contributed by atoms with van der Waals surface area (Å²) in [5.41, 5.74) is 0.0882. The quantitative estimate of drug-likeness (QED) is 0.694. The SMILES string of the molecule is CC(C)c1cc(F)c(-c2cc(F)c3cnc(N[C@@H]4CCOC[C@H]4O)nn23)c(F)c1. The van der Waals surface area contributed by atoms with Gasteiger partial charge in [-0.2, -0.15) is 0 Å². The zero-order chi connectivity index (χ0) is 20.7. The summed E-state index contributed by atoms with van der Waals surface area (Å²) < 4.78 is 50.2. The van der Waals surface area contributed by atoms with Gasteiger partial charge in [0.2, 0.25) is 5.95 Å². The lowest BCUT2D eigenvalue weighted by molar-refractivity contribution is -0.0136. The Morgan fingerprint density at radius 2 is 1.90 bits per heavy atom. The fourth-order valence-electron chi connectivity index (χ4n) is 3.43. The van der Waals surface area contributed by atoms with E-state index in [1.807, 2.05) is 13.8 Å². The van der Waals surface area contributed by atoms with E-state index in [4.69, 9.17) is 4.74 Å². The largest absolute Gasteiger partial charge is 0.389 e. The number of ether oxygens (including phenoxy) is 1. The van der Waals surface area contributed by atoms with Gasteiger partial charge in [0.1, 0.15) is 17.2 Å². The van der Waals surface area contributed by atoms with Gasteiger partial charge in [0.25, 0.3) is 0 Å². The van der Waals surface area contributed by atoms with E-state index in [0.717, 1.165) is 10.6 Å². The molecule has 4 rings (SSSR count). The smallest absolute Gasteiger partial charge is 0.241 e. The van der Waals surface area contributed by atoms with Crippen molar-refractivity contribution in [3.8, 4) is 11.3 Å². The van der Waals surface area contributed by atoms with E-state index in [0.29, 0.717) is 18.6 Å². The van der Waals surface area contributed by atoms with Gasteiger partial charge in [0, 0.05) is 12.7 Å². The number of benzene rings is 1. The molecule has 1 aliphatic heterocycles. The van der Waals surface area contributed by atoms with Crippen molar-refractivity contribution in [2.24, 2.45) is 0 Å². The number of hydrogen-bond donors (Lipinski definition) is 2. The van der Waals surface area contributed by atoms with Gasteiger partial charge in [-0.1, -0.05) is 13.8 Å². The summed E-state index contributed by atoms with van der Waals surface area (Å²) in [6.07, 6.45) is 1.02. The lowest BCUT2D eigenvalue weighted by atomic mass is 9.99. The highest BCUT2D eigenvalue weighted by Crippen LogP contribution is 2.32. The third-order valence-corrected chi connectivity index (χ3v) is 5.10. The van der Waals surface area contributed by atoms with E-state index < -0.39 is 23.6 Å². The van der Waals surface area contributed by atoms with E-state index in [2.05, 4.69) is 15.4 Å². The second kappa shape index (κ2) is 7.64.